The van der Waals surface area contributed by atoms with E-state index in [1.807, 2.05) is 0 Å². The summed E-state index contributed by atoms with van der Waals surface area (Å²) in [6.45, 7) is 2.64. The van der Waals surface area contributed by atoms with E-state index in [1.54, 1.807) is 13.3 Å². The highest BCUT2D eigenvalue weighted by Crippen LogP contribution is 2.16. The van der Waals surface area contributed by atoms with Crippen LogP contribution in [0.4, 0.5) is 5.69 Å². The van der Waals surface area contributed by atoms with Gasteiger partial charge in [0.05, 0.1) is 25.0 Å². The third kappa shape index (κ3) is 3.68. The molecule has 0 aliphatic carbocycles. The number of methoxy groups -OCH3 is 1. The van der Waals surface area contributed by atoms with E-state index in [0.717, 1.165) is 19.5 Å². The molecule has 1 aliphatic heterocycles. The second-order valence-electron chi connectivity index (χ2n) is 4.57. The van der Waals surface area contributed by atoms with Crippen LogP contribution >= 0.6 is 11.6 Å². The molecule has 0 spiro atoms. The van der Waals surface area contributed by atoms with E-state index in [0.29, 0.717) is 24.9 Å². The van der Waals surface area contributed by atoms with Gasteiger partial charge in [0.1, 0.15) is 5.02 Å². The Bertz CT molecular complexity index is 471. The summed E-state index contributed by atoms with van der Waals surface area (Å²) in [6.07, 6.45) is 3.92. The Kier molecular flexibility index (Phi) is 5.18. The number of anilines is 1. The Morgan fingerprint density at radius 2 is 2.53 bits per heavy atom. The zero-order chi connectivity index (χ0) is 13.7. The first-order chi connectivity index (χ1) is 9.22. The first kappa shape index (κ1) is 14.3. The van der Waals surface area contributed by atoms with Crippen LogP contribution in [0.25, 0.3) is 0 Å². The number of hydrogen-bond acceptors (Lipinski definition) is 5. The van der Waals surface area contributed by atoms with Gasteiger partial charge in [0.2, 0.25) is 0 Å². The lowest BCUT2D eigenvalue weighted by molar-refractivity contribution is 0.182. The van der Waals surface area contributed by atoms with Crippen LogP contribution in [0.1, 0.15) is 12.8 Å². The van der Waals surface area contributed by atoms with Crippen LogP contribution in [0.3, 0.4) is 0 Å². The zero-order valence-electron chi connectivity index (χ0n) is 11.0. The van der Waals surface area contributed by atoms with Crippen LogP contribution in [0, 0.1) is 0 Å². The molecule has 1 saturated heterocycles. The van der Waals surface area contributed by atoms with Gasteiger partial charge in [-0.15, -0.1) is 0 Å². The fourth-order valence-corrected chi connectivity index (χ4v) is 2.30. The lowest BCUT2D eigenvalue weighted by Crippen LogP contribution is -2.31. The second-order valence-corrected chi connectivity index (χ2v) is 4.95. The van der Waals surface area contributed by atoms with Gasteiger partial charge in [-0.2, -0.15) is 5.10 Å². The highest BCUT2D eigenvalue weighted by Gasteiger charge is 2.15. The van der Waals surface area contributed by atoms with Crippen LogP contribution in [0.15, 0.2) is 11.0 Å². The molecular weight excluding hydrogens is 268 g/mol. The molecule has 1 fully saturated rings. The predicted octanol–water partition coefficient (Wildman–Crippen LogP) is 0.707. The van der Waals surface area contributed by atoms with Gasteiger partial charge < -0.3 is 15.4 Å². The minimum absolute atomic E-state index is 0.184. The molecule has 1 aromatic heterocycles. The third-order valence-electron chi connectivity index (χ3n) is 3.19. The minimum atomic E-state index is -0.289. The molecule has 0 aromatic carbocycles. The standard InChI is InChI=1S/C12H19ClN4O2/c1-19-6-5-17-12(18)11(13)10(8-16-17)15-7-9-3-2-4-14-9/h8-9,14-15H,2-7H2,1H3. The lowest BCUT2D eigenvalue weighted by atomic mass is 10.2. The third-order valence-corrected chi connectivity index (χ3v) is 3.56. The van der Waals surface area contributed by atoms with Crippen LogP contribution in [-0.2, 0) is 11.3 Å². The molecule has 1 aromatic rings. The van der Waals surface area contributed by atoms with Crippen molar-refractivity contribution in [3.63, 3.8) is 0 Å². The smallest absolute Gasteiger partial charge is 0.287 e. The molecule has 1 aliphatic rings. The summed E-state index contributed by atoms with van der Waals surface area (Å²) in [5.74, 6) is 0. The molecule has 1 unspecified atom stereocenters. The summed E-state index contributed by atoms with van der Waals surface area (Å²) in [7, 11) is 1.58. The molecule has 2 rings (SSSR count). The van der Waals surface area contributed by atoms with Crippen molar-refractivity contribution < 1.29 is 4.74 Å². The van der Waals surface area contributed by atoms with Gasteiger partial charge in [0.25, 0.3) is 5.56 Å². The molecule has 2 heterocycles. The monoisotopic (exact) mass is 286 g/mol. The normalized spacial score (nSPS) is 18.7. The van der Waals surface area contributed by atoms with Gasteiger partial charge in [-0.1, -0.05) is 11.6 Å². The molecule has 106 valence electrons. The van der Waals surface area contributed by atoms with E-state index in [2.05, 4.69) is 15.7 Å². The van der Waals surface area contributed by atoms with Crippen molar-refractivity contribution in [2.24, 2.45) is 0 Å². The SMILES string of the molecule is COCCn1ncc(NCC2CCCN2)c(Cl)c1=O. The Morgan fingerprint density at radius 1 is 1.68 bits per heavy atom. The van der Waals surface area contributed by atoms with Crippen molar-refractivity contribution in [3.8, 4) is 0 Å². The summed E-state index contributed by atoms with van der Waals surface area (Å²) in [5.41, 5.74) is 0.303. The topological polar surface area (TPSA) is 68.2 Å². The largest absolute Gasteiger partial charge is 0.383 e. The van der Waals surface area contributed by atoms with Crippen LogP contribution in [-0.4, -0.2) is 42.6 Å². The molecule has 6 nitrogen and oxygen atoms in total. The Balaban J connectivity index is 2.01. The molecule has 0 bridgehead atoms. The van der Waals surface area contributed by atoms with Gasteiger partial charge in [-0.05, 0) is 19.4 Å². The van der Waals surface area contributed by atoms with E-state index < -0.39 is 0 Å². The first-order valence-electron chi connectivity index (χ1n) is 6.44. The van der Waals surface area contributed by atoms with E-state index >= 15 is 0 Å². The molecular formula is C12H19ClN4O2. The molecule has 1 atom stereocenters. The quantitative estimate of drug-likeness (QED) is 0.806. The number of nitrogens with zero attached hydrogens (tertiary/aromatic N) is 2. The molecule has 0 saturated carbocycles. The van der Waals surface area contributed by atoms with E-state index in [-0.39, 0.29) is 10.6 Å². The highest BCUT2D eigenvalue weighted by molar-refractivity contribution is 6.32. The van der Waals surface area contributed by atoms with Crippen LogP contribution in [0.2, 0.25) is 5.02 Å². The predicted molar refractivity (Wildman–Crippen MR) is 74.9 cm³/mol. The van der Waals surface area contributed by atoms with Gasteiger partial charge >= 0.3 is 0 Å². The van der Waals surface area contributed by atoms with Gasteiger partial charge in [0, 0.05) is 19.7 Å². The number of aromatic nitrogens is 2. The molecule has 0 radical (unpaired) electrons. The fourth-order valence-electron chi connectivity index (χ4n) is 2.09. The van der Waals surface area contributed by atoms with Crippen molar-refractivity contribution >= 4 is 17.3 Å². The first-order valence-corrected chi connectivity index (χ1v) is 6.82. The maximum atomic E-state index is 11.9. The number of hydrogen-bond donors (Lipinski definition) is 2. The number of rotatable bonds is 6. The van der Waals surface area contributed by atoms with E-state index in [9.17, 15) is 4.79 Å². The maximum Gasteiger partial charge on any atom is 0.287 e. The Morgan fingerprint density at radius 3 is 3.21 bits per heavy atom. The number of halogens is 1. The summed E-state index contributed by atoms with van der Waals surface area (Å²) in [4.78, 5) is 11.9. The van der Waals surface area contributed by atoms with Gasteiger partial charge in [-0.3, -0.25) is 4.79 Å². The van der Waals surface area contributed by atoms with Crippen molar-refractivity contribution in [1.29, 1.82) is 0 Å². The van der Waals surface area contributed by atoms with Crippen molar-refractivity contribution in [2.75, 3.05) is 32.1 Å². The van der Waals surface area contributed by atoms with Crippen LogP contribution < -0.4 is 16.2 Å². The molecule has 7 heteroatoms. The van der Waals surface area contributed by atoms with Crippen LogP contribution in [0.5, 0.6) is 0 Å². The zero-order valence-corrected chi connectivity index (χ0v) is 11.7. The average molecular weight is 287 g/mol. The summed E-state index contributed by atoms with van der Waals surface area (Å²) < 4.78 is 6.23. The number of ether oxygens (including phenoxy) is 1. The summed E-state index contributed by atoms with van der Waals surface area (Å²) in [6, 6.07) is 0.437. The van der Waals surface area contributed by atoms with Gasteiger partial charge in [0.15, 0.2) is 0 Å². The van der Waals surface area contributed by atoms with Crippen molar-refractivity contribution in [1.82, 2.24) is 15.1 Å². The molecule has 2 N–H and O–H groups in total. The second kappa shape index (κ2) is 6.88. The van der Waals surface area contributed by atoms with E-state index in [4.69, 9.17) is 16.3 Å². The average Bonchev–Trinajstić information content (AvgIpc) is 2.92. The maximum absolute atomic E-state index is 11.9. The summed E-state index contributed by atoms with van der Waals surface area (Å²) in [5, 5.41) is 10.8. The van der Waals surface area contributed by atoms with E-state index in [1.165, 1.54) is 11.1 Å². The molecule has 19 heavy (non-hydrogen) atoms. The highest BCUT2D eigenvalue weighted by atomic mass is 35.5. The summed E-state index contributed by atoms with van der Waals surface area (Å²) >= 11 is 6.07. The Hall–Kier alpha value is -1.11. The van der Waals surface area contributed by atoms with Crippen molar-refractivity contribution in [2.45, 2.75) is 25.4 Å². The fraction of sp³-hybridized carbons (Fsp3) is 0.667. The minimum Gasteiger partial charge on any atom is -0.383 e. The number of nitrogens with one attached hydrogen (secondary N) is 2. The van der Waals surface area contributed by atoms with Crippen molar-refractivity contribution in [3.05, 3.63) is 21.6 Å². The molecule has 0 amide bonds. The lowest BCUT2D eigenvalue weighted by Gasteiger charge is -2.14. The Labute approximate surface area is 117 Å². The van der Waals surface area contributed by atoms with Gasteiger partial charge in [-0.25, -0.2) is 4.68 Å².